The summed E-state index contributed by atoms with van der Waals surface area (Å²) in [5.41, 5.74) is 1.59. The number of fused-ring (bicyclic) bond motifs is 1. The lowest BCUT2D eigenvalue weighted by Crippen LogP contribution is -2.32. The van der Waals surface area contributed by atoms with Crippen molar-refractivity contribution in [3.05, 3.63) is 60.8 Å². The van der Waals surface area contributed by atoms with E-state index in [-0.39, 0.29) is 6.03 Å². The Bertz CT molecular complexity index is 867. The Morgan fingerprint density at radius 1 is 1.08 bits per heavy atom. The molecule has 0 bridgehead atoms. The van der Waals surface area contributed by atoms with E-state index >= 15 is 0 Å². The van der Waals surface area contributed by atoms with Crippen LogP contribution in [0, 0.1) is 0 Å². The number of pyridine rings is 1. The van der Waals surface area contributed by atoms with E-state index in [4.69, 9.17) is 9.47 Å². The Morgan fingerprint density at radius 3 is 2.88 bits per heavy atom. The van der Waals surface area contributed by atoms with E-state index < -0.39 is 0 Å². The number of urea groups is 1. The van der Waals surface area contributed by atoms with Crippen LogP contribution in [-0.2, 0) is 0 Å². The first-order valence-corrected chi connectivity index (χ1v) is 7.91. The topological polar surface area (TPSA) is 72.5 Å². The molecule has 1 aromatic heterocycles. The minimum absolute atomic E-state index is 0.292. The van der Waals surface area contributed by atoms with Gasteiger partial charge >= 0.3 is 6.03 Å². The zero-order valence-electron chi connectivity index (χ0n) is 13.9. The van der Waals surface area contributed by atoms with Crippen molar-refractivity contribution < 1.29 is 14.3 Å². The lowest BCUT2D eigenvalue weighted by Gasteiger charge is -2.10. The van der Waals surface area contributed by atoms with E-state index in [1.165, 1.54) is 0 Å². The normalized spacial score (nSPS) is 10.3. The van der Waals surface area contributed by atoms with Crippen molar-refractivity contribution in [2.75, 3.05) is 25.6 Å². The number of hydrogen-bond acceptors (Lipinski definition) is 4. The van der Waals surface area contributed by atoms with Crippen LogP contribution in [0.15, 0.2) is 60.8 Å². The molecule has 0 aliphatic rings. The monoisotopic (exact) mass is 337 g/mol. The Balaban J connectivity index is 1.44. The molecule has 0 unspecified atom stereocenters. The Hall–Kier alpha value is -3.28. The van der Waals surface area contributed by atoms with Crippen LogP contribution in [0.3, 0.4) is 0 Å². The minimum Gasteiger partial charge on any atom is -0.497 e. The number of amides is 2. The summed E-state index contributed by atoms with van der Waals surface area (Å²) >= 11 is 0. The maximum absolute atomic E-state index is 11.9. The highest BCUT2D eigenvalue weighted by Crippen LogP contribution is 2.19. The number of aromatic nitrogens is 1. The van der Waals surface area contributed by atoms with Crippen LogP contribution in [0.25, 0.3) is 10.9 Å². The van der Waals surface area contributed by atoms with Crippen molar-refractivity contribution >= 4 is 22.6 Å². The number of carbonyl (C=O) groups is 1. The molecule has 2 N–H and O–H groups in total. The van der Waals surface area contributed by atoms with Crippen LogP contribution in [0.5, 0.6) is 11.5 Å². The predicted octanol–water partition coefficient (Wildman–Crippen LogP) is 3.44. The zero-order chi connectivity index (χ0) is 17.5. The highest BCUT2D eigenvalue weighted by atomic mass is 16.5. The number of ether oxygens (including phenoxy) is 2. The number of nitrogens with zero attached hydrogens (tertiary/aromatic N) is 1. The van der Waals surface area contributed by atoms with Gasteiger partial charge in [-0.05, 0) is 36.4 Å². The molecule has 0 saturated heterocycles. The largest absolute Gasteiger partial charge is 0.497 e. The summed E-state index contributed by atoms with van der Waals surface area (Å²) in [5, 5.41) is 6.51. The third kappa shape index (κ3) is 4.60. The van der Waals surface area contributed by atoms with Crippen LogP contribution >= 0.6 is 0 Å². The molecule has 0 aliphatic heterocycles. The standard InChI is InChI=1S/C19H19N3O3/c1-24-16-6-2-5-15(13-16)22-19(23)21-10-11-25-17-7-8-18-14(12-17)4-3-9-20-18/h2-9,12-13H,10-11H2,1H3,(H2,21,22,23). The maximum Gasteiger partial charge on any atom is 0.319 e. The number of benzene rings is 2. The van der Waals surface area contributed by atoms with Gasteiger partial charge in [0.15, 0.2) is 0 Å². The summed E-state index contributed by atoms with van der Waals surface area (Å²) in [7, 11) is 1.58. The van der Waals surface area contributed by atoms with E-state index in [1.54, 1.807) is 25.4 Å². The van der Waals surface area contributed by atoms with E-state index in [9.17, 15) is 4.79 Å². The summed E-state index contributed by atoms with van der Waals surface area (Å²) in [6.07, 6.45) is 1.76. The lowest BCUT2D eigenvalue weighted by atomic mass is 10.2. The first-order chi connectivity index (χ1) is 12.2. The minimum atomic E-state index is -0.292. The van der Waals surface area contributed by atoms with Crippen LogP contribution < -0.4 is 20.1 Å². The number of methoxy groups -OCH3 is 1. The van der Waals surface area contributed by atoms with Crippen molar-refractivity contribution in [3.8, 4) is 11.5 Å². The van der Waals surface area contributed by atoms with Crippen LogP contribution in [0.1, 0.15) is 0 Å². The fourth-order valence-corrected chi connectivity index (χ4v) is 2.35. The summed E-state index contributed by atoms with van der Waals surface area (Å²) < 4.78 is 10.8. The molecule has 0 spiro atoms. The van der Waals surface area contributed by atoms with E-state index in [0.717, 1.165) is 16.7 Å². The van der Waals surface area contributed by atoms with Gasteiger partial charge in [0.05, 0.1) is 19.2 Å². The molecule has 2 aromatic carbocycles. The molecule has 128 valence electrons. The van der Waals surface area contributed by atoms with Crippen molar-refractivity contribution in [2.24, 2.45) is 0 Å². The molecule has 0 radical (unpaired) electrons. The molecule has 6 heteroatoms. The van der Waals surface area contributed by atoms with Gasteiger partial charge in [-0.2, -0.15) is 0 Å². The van der Waals surface area contributed by atoms with Gasteiger partial charge in [0.2, 0.25) is 0 Å². The van der Waals surface area contributed by atoms with Crippen molar-refractivity contribution in [1.82, 2.24) is 10.3 Å². The quantitative estimate of drug-likeness (QED) is 0.676. The molecule has 0 atom stereocenters. The third-order valence-electron chi connectivity index (χ3n) is 3.56. The first-order valence-electron chi connectivity index (χ1n) is 7.91. The van der Waals surface area contributed by atoms with Gasteiger partial charge in [-0.1, -0.05) is 12.1 Å². The van der Waals surface area contributed by atoms with Gasteiger partial charge in [-0.25, -0.2) is 4.79 Å². The molecule has 6 nitrogen and oxygen atoms in total. The Kier molecular flexibility index (Phi) is 5.31. The average molecular weight is 337 g/mol. The highest BCUT2D eigenvalue weighted by Gasteiger charge is 2.03. The van der Waals surface area contributed by atoms with Crippen LogP contribution in [0.4, 0.5) is 10.5 Å². The second-order valence-corrected chi connectivity index (χ2v) is 5.32. The number of nitrogens with one attached hydrogen (secondary N) is 2. The maximum atomic E-state index is 11.9. The average Bonchev–Trinajstić information content (AvgIpc) is 2.65. The van der Waals surface area contributed by atoms with Crippen molar-refractivity contribution in [2.45, 2.75) is 0 Å². The third-order valence-corrected chi connectivity index (χ3v) is 3.56. The smallest absolute Gasteiger partial charge is 0.319 e. The van der Waals surface area contributed by atoms with E-state index in [0.29, 0.717) is 24.6 Å². The van der Waals surface area contributed by atoms with Crippen LogP contribution in [-0.4, -0.2) is 31.3 Å². The summed E-state index contributed by atoms with van der Waals surface area (Å²) in [6, 6.07) is 16.5. The second-order valence-electron chi connectivity index (χ2n) is 5.32. The van der Waals surface area contributed by atoms with Gasteiger partial charge in [0.1, 0.15) is 18.1 Å². The van der Waals surface area contributed by atoms with Gasteiger partial charge in [-0.15, -0.1) is 0 Å². The summed E-state index contributed by atoms with van der Waals surface area (Å²) in [4.78, 5) is 16.1. The molecular weight excluding hydrogens is 318 g/mol. The molecule has 3 aromatic rings. The molecule has 2 amide bonds. The van der Waals surface area contributed by atoms with Crippen molar-refractivity contribution in [1.29, 1.82) is 0 Å². The summed E-state index contributed by atoms with van der Waals surface area (Å²) in [5.74, 6) is 1.43. The number of anilines is 1. The molecular formula is C19H19N3O3. The summed E-state index contributed by atoms with van der Waals surface area (Å²) in [6.45, 7) is 0.762. The van der Waals surface area contributed by atoms with Gasteiger partial charge in [0.25, 0.3) is 0 Å². The Morgan fingerprint density at radius 2 is 2.00 bits per heavy atom. The molecule has 25 heavy (non-hydrogen) atoms. The molecule has 0 aliphatic carbocycles. The molecule has 3 rings (SSSR count). The van der Waals surface area contributed by atoms with Gasteiger partial charge in [-0.3, -0.25) is 4.98 Å². The van der Waals surface area contributed by atoms with E-state index in [1.807, 2.05) is 42.5 Å². The second kappa shape index (κ2) is 8.01. The SMILES string of the molecule is COc1cccc(NC(=O)NCCOc2ccc3ncccc3c2)c1. The number of hydrogen-bond donors (Lipinski definition) is 2. The number of carbonyl (C=O) groups excluding carboxylic acids is 1. The van der Waals surface area contributed by atoms with E-state index in [2.05, 4.69) is 15.6 Å². The molecule has 1 heterocycles. The molecule has 0 saturated carbocycles. The molecule has 0 fully saturated rings. The zero-order valence-corrected chi connectivity index (χ0v) is 13.9. The number of rotatable bonds is 6. The highest BCUT2D eigenvalue weighted by molar-refractivity contribution is 5.89. The fraction of sp³-hybridized carbons (Fsp3) is 0.158. The Labute approximate surface area is 145 Å². The predicted molar refractivity (Wildman–Crippen MR) is 97.3 cm³/mol. The fourth-order valence-electron chi connectivity index (χ4n) is 2.35. The van der Waals surface area contributed by atoms with Gasteiger partial charge in [0, 0.05) is 23.3 Å². The first kappa shape index (κ1) is 16.6. The lowest BCUT2D eigenvalue weighted by molar-refractivity contribution is 0.247. The van der Waals surface area contributed by atoms with Crippen molar-refractivity contribution in [3.63, 3.8) is 0 Å². The van der Waals surface area contributed by atoms with Crippen LogP contribution in [0.2, 0.25) is 0 Å². The van der Waals surface area contributed by atoms with Gasteiger partial charge < -0.3 is 20.1 Å².